The summed E-state index contributed by atoms with van der Waals surface area (Å²) < 4.78 is 6.45. The number of pyridine rings is 2. The number of aromatic nitrogens is 4. The molecule has 0 saturated carbocycles. The van der Waals surface area contributed by atoms with Crippen LogP contribution >= 0.6 is 40.7 Å². The van der Waals surface area contributed by atoms with Crippen LogP contribution < -0.4 is 0 Å². The largest absolute Gasteiger partial charge is 0.416 e. The van der Waals surface area contributed by atoms with Gasteiger partial charge in [0.1, 0.15) is 0 Å². The molecule has 3 aromatic heterocycles. The van der Waals surface area contributed by atoms with Gasteiger partial charge in [0, 0.05) is 29.3 Å². The van der Waals surface area contributed by atoms with Gasteiger partial charge in [-0.3, -0.25) is 9.97 Å². The molecule has 0 fully saturated rings. The molecule has 0 atom stereocenters. The van der Waals surface area contributed by atoms with Crippen LogP contribution in [0.3, 0.4) is 0 Å². The lowest BCUT2D eigenvalue weighted by Gasteiger charge is -1.94. The van der Waals surface area contributed by atoms with Gasteiger partial charge in [0.25, 0.3) is 0 Å². The average Bonchev–Trinajstić information content (AvgIpc) is 2.89. The van der Waals surface area contributed by atoms with Crippen molar-refractivity contribution in [1.29, 1.82) is 0 Å². The highest BCUT2D eigenvalue weighted by Gasteiger charge is 2.10. The quantitative estimate of drug-likeness (QED) is 0.681. The van der Waals surface area contributed by atoms with Crippen molar-refractivity contribution in [3.63, 3.8) is 0 Å². The molecule has 0 bridgehead atoms. The second kappa shape index (κ2) is 7.33. The van der Waals surface area contributed by atoms with Gasteiger partial charge in [-0.1, -0.05) is 0 Å². The molecule has 104 valence electrons. The second-order valence-electron chi connectivity index (χ2n) is 3.55. The first-order valence-electron chi connectivity index (χ1n) is 5.18. The van der Waals surface area contributed by atoms with E-state index in [2.05, 4.69) is 36.1 Å². The number of rotatable bonds is 2. The van der Waals surface area contributed by atoms with E-state index in [1.807, 2.05) is 18.2 Å². The first-order valence-corrected chi connectivity index (χ1v) is 5.97. The third kappa shape index (κ3) is 3.53. The number of halogens is 3. The van der Waals surface area contributed by atoms with Crippen molar-refractivity contribution in [2.75, 3.05) is 0 Å². The Morgan fingerprint density at radius 1 is 0.900 bits per heavy atom. The Kier molecular flexibility index (Phi) is 6.06. The highest BCUT2D eigenvalue weighted by Crippen LogP contribution is 2.24. The van der Waals surface area contributed by atoms with Crippen LogP contribution in [0.25, 0.3) is 22.9 Å². The number of hydrogen-bond donors (Lipinski definition) is 0. The van der Waals surface area contributed by atoms with E-state index in [1.54, 1.807) is 24.8 Å². The van der Waals surface area contributed by atoms with Gasteiger partial charge in [-0.25, -0.2) is 0 Å². The van der Waals surface area contributed by atoms with E-state index in [-0.39, 0.29) is 24.8 Å². The van der Waals surface area contributed by atoms with Crippen LogP contribution in [0.5, 0.6) is 0 Å². The molecule has 0 radical (unpaired) electrons. The van der Waals surface area contributed by atoms with Crippen molar-refractivity contribution in [1.82, 2.24) is 20.2 Å². The number of hydrogen-bond acceptors (Lipinski definition) is 5. The zero-order valence-corrected chi connectivity index (χ0v) is 13.2. The van der Waals surface area contributed by atoms with Gasteiger partial charge in [0.05, 0.1) is 11.1 Å². The molecule has 3 aromatic rings. The van der Waals surface area contributed by atoms with Crippen molar-refractivity contribution in [2.45, 2.75) is 0 Å². The van der Waals surface area contributed by atoms with E-state index in [1.165, 1.54) is 0 Å². The zero-order valence-electron chi connectivity index (χ0n) is 9.93. The predicted molar refractivity (Wildman–Crippen MR) is 83.0 cm³/mol. The van der Waals surface area contributed by atoms with Crippen LogP contribution in [0.15, 0.2) is 51.9 Å². The van der Waals surface area contributed by atoms with Gasteiger partial charge in [0.15, 0.2) is 0 Å². The fourth-order valence-electron chi connectivity index (χ4n) is 1.47. The molecule has 0 unspecified atom stereocenters. The summed E-state index contributed by atoms with van der Waals surface area (Å²) in [5, 5.41) is 7.99. The van der Waals surface area contributed by atoms with Crippen LogP contribution in [0.4, 0.5) is 0 Å². The molecule has 0 aromatic carbocycles. The molecule has 3 heterocycles. The minimum absolute atomic E-state index is 0. The maximum atomic E-state index is 5.59. The molecule has 20 heavy (non-hydrogen) atoms. The molecule has 0 amide bonds. The Labute approximate surface area is 135 Å². The molecule has 0 N–H and O–H groups in total. The lowest BCUT2D eigenvalue weighted by atomic mass is 10.3. The van der Waals surface area contributed by atoms with E-state index in [4.69, 9.17) is 4.42 Å². The molecule has 5 nitrogen and oxygen atoms in total. The predicted octanol–water partition coefficient (Wildman–Crippen LogP) is 3.80. The molecule has 0 spiro atoms. The summed E-state index contributed by atoms with van der Waals surface area (Å²) in [5.41, 5.74) is 1.56. The van der Waals surface area contributed by atoms with E-state index in [0.29, 0.717) is 11.8 Å². The molecular formula is C12H9BrCl2N4O. The Morgan fingerprint density at radius 2 is 1.60 bits per heavy atom. The Hall–Kier alpha value is -1.50. The second-order valence-corrected chi connectivity index (χ2v) is 4.46. The summed E-state index contributed by atoms with van der Waals surface area (Å²) in [6.07, 6.45) is 6.74. The van der Waals surface area contributed by atoms with Crippen LogP contribution in [0, 0.1) is 0 Å². The van der Waals surface area contributed by atoms with E-state index in [0.717, 1.165) is 15.6 Å². The first-order chi connectivity index (χ1) is 8.83. The van der Waals surface area contributed by atoms with Crippen molar-refractivity contribution in [3.05, 3.63) is 47.5 Å². The maximum absolute atomic E-state index is 5.59. The Morgan fingerprint density at radius 3 is 2.25 bits per heavy atom. The topological polar surface area (TPSA) is 64.7 Å². The summed E-state index contributed by atoms with van der Waals surface area (Å²) in [4.78, 5) is 8.07. The highest BCUT2D eigenvalue weighted by molar-refractivity contribution is 9.10. The summed E-state index contributed by atoms with van der Waals surface area (Å²) in [6.45, 7) is 0. The molecular weight excluding hydrogens is 367 g/mol. The van der Waals surface area contributed by atoms with Crippen molar-refractivity contribution in [2.24, 2.45) is 0 Å². The third-order valence-corrected chi connectivity index (χ3v) is 2.72. The minimum Gasteiger partial charge on any atom is -0.416 e. The monoisotopic (exact) mass is 374 g/mol. The molecule has 0 aliphatic rings. The fraction of sp³-hybridized carbons (Fsp3) is 0. The normalized spacial score (nSPS) is 9.45. The van der Waals surface area contributed by atoms with Crippen LogP contribution in [-0.4, -0.2) is 20.2 Å². The van der Waals surface area contributed by atoms with Gasteiger partial charge < -0.3 is 4.42 Å². The average molecular weight is 376 g/mol. The SMILES string of the molecule is Brc1cncc(-c2nnc(-c3cccnc3)o2)c1.Cl.Cl. The minimum atomic E-state index is 0. The molecule has 8 heteroatoms. The van der Waals surface area contributed by atoms with E-state index < -0.39 is 0 Å². The van der Waals surface area contributed by atoms with Crippen molar-refractivity contribution >= 4 is 40.7 Å². The lowest BCUT2D eigenvalue weighted by Crippen LogP contribution is -1.80. The molecule has 3 rings (SSSR count). The smallest absolute Gasteiger partial charge is 0.249 e. The highest BCUT2D eigenvalue weighted by atomic mass is 79.9. The molecule has 0 aliphatic heterocycles. The van der Waals surface area contributed by atoms with Crippen LogP contribution in [0.2, 0.25) is 0 Å². The number of nitrogens with zero attached hydrogens (tertiary/aromatic N) is 4. The van der Waals surface area contributed by atoms with Gasteiger partial charge in [-0.2, -0.15) is 0 Å². The third-order valence-electron chi connectivity index (χ3n) is 2.29. The van der Waals surface area contributed by atoms with Crippen molar-refractivity contribution < 1.29 is 4.42 Å². The van der Waals surface area contributed by atoms with Gasteiger partial charge in [0.2, 0.25) is 11.8 Å². The Bertz CT molecular complexity index is 678. The van der Waals surface area contributed by atoms with Crippen LogP contribution in [-0.2, 0) is 0 Å². The van der Waals surface area contributed by atoms with Crippen molar-refractivity contribution in [3.8, 4) is 22.9 Å². The standard InChI is InChI=1S/C12H7BrN4O.2ClH/c13-10-4-9(6-15-7-10)12-17-16-11(18-12)8-2-1-3-14-5-8;;/h1-7H;2*1H. The zero-order chi connectivity index (χ0) is 12.4. The van der Waals surface area contributed by atoms with Crippen LogP contribution in [0.1, 0.15) is 0 Å². The molecule has 0 saturated heterocycles. The maximum Gasteiger partial charge on any atom is 0.249 e. The lowest BCUT2D eigenvalue weighted by molar-refractivity contribution is 0.584. The van der Waals surface area contributed by atoms with E-state index in [9.17, 15) is 0 Å². The van der Waals surface area contributed by atoms with Gasteiger partial charge >= 0.3 is 0 Å². The summed E-state index contributed by atoms with van der Waals surface area (Å²) in [6, 6.07) is 5.55. The molecule has 0 aliphatic carbocycles. The van der Waals surface area contributed by atoms with E-state index >= 15 is 0 Å². The fourth-order valence-corrected chi connectivity index (χ4v) is 1.84. The first kappa shape index (κ1) is 16.6. The van der Waals surface area contributed by atoms with Gasteiger partial charge in [-0.15, -0.1) is 35.0 Å². The summed E-state index contributed by atoms with van der Waals surface area (Å²) in [5.74, 6) is 0.876. The Balaban J connectivity index is 0.000001000. The summed E-state index contributed by atoms with van der Waals surface area (Å²) >= 11 is 3.35. The summed E-state index contributed by atoms with van der Waals surface area (Å²) in [7, 11) is 0. The van der Waals surface area contributed by atoms with Gasteiger partial charge in [-0.05, 0) is 34.1 Å².